The number of esters is 1. The van der Waals surface area contributed by atoms with Crippen molar-refractivity contribution < 1.29 is 28.7 Å². The van der Waals surface area contributed by atoms with Crippen molar-refractivity contribution in [2.45, 2.75) is 31.8 Å². The van der Waals surface area contributed by atoms with Gasteiger partial charge >= 0.3 is 5.97 Å². The molecule has 3 rings (SSSR count). The molecule has 35 heavy (non-hydrogen) atoms. The molecule has 0 saturated heterocycles. The van der Waals surface area contributed by atoms with Crippen LogP contribution < -0.4 is 20.3 Å². The zero-order valence-electron chi connectivity index (χ0n) is 19.9. The van der Waals surface area contributed by atoms with Gasteiger partial charge in [0, 0.05) is 0 Å². The predicted octanol–water partition coefficient (Wildman–Crippen LogP) is 2.61. The number of rotatable bonds is 10. The standard InChI is InChI=1S/C25H29N3O6S/c1-25(2)24(32)27-18-11-7-8-12-20(18)28(25)22(30)16-34-23(31)19(13-14-35-3)26-21(29)15-33-17-9-5-4-6-10-17/h4-12,19H,13-16H2,1-3H3,(H,26,29)(H,27,32)/t19-/m0/s1. The highest BCUT2D eigenvalue weighted by Crippen LogP contribution is 2.36. The van der Waals surface area contributed by atoms with Crippen LogP contribution in [0.5, 0.6) is 5.75 Å². The summed E-state index contributed by atoms with van der Waals surface area (Å²) < 4.78 is 10.7. The molecule has 9 nitrogen and oxygen atoms in total. The zero-order chi connectivity index (χ0) is 25.4. The molecule has 1 aliphatic heterocycles. The van der Waals surface area contributed by atoms with Gasteiger partial charge in [-0.1, -0.05) is 30.3 Å². The van der Waals surface area contributed by atoms with E-state index in [9.17, 15) is 19.2 Å². The number of nitrogens with zero attached hydrogens (tertiary/aromatic N) is 1. The Kier molecular flexibility index (Phi) is 8.75. The lowest BCUT2D eigenvalue weighted by Crippen LogP contribution is -2.59. The normalized spacial score (nSPS) is 14.8. The van der Waals surface area contributed by atoms with E-state index in [1.807, 2.05) is 12.3 Å². The summed E-state index contributed by atoms with van der Waals surface area (Å²) in [6.07, 6.45) is 2.21. The maximum atomic E-state index is 13.1. The highest BCUT2D eigenvalue weighted by atomic mass is 32.2. The van der Waals surface area contributed by atoms with E-state index in [4.69, 9.17) is 9.47 Å². The van der Waals surface area contributed by atoms with E-state index in [1.54, 1.807) is 62.4 Å². The summed E-state index contributed by atoms with van der Waals surface area (Å²) in [5, 5.41) is 5.41. The third-order valence-electron chi connectivity index (χ3n) is 5.44. The van der Waals surface area contributed by atoms with E-state index in [0.29, 0.717) is 29.3 Å². The fourth-order valence-electron chi connectivity index (χ4n) is 3.58. The summed E-state index contributed by atoms with van der Waals surface area (Å²) >= 11 is 1.51. The molecule has 3 amide bonds. The maximum absolute atomic E-state index is 13.1. The van der Waals surface area contributed by atoms with Gasteiger partial charge in [-0.05, 0) is 56.5 Å². The summed E-state index contributed by atoms with van der Waals surface area (Å²) in [6.45, 7) is 2.40. The van der Waals surface area contributed by atoms with Crippen LogP contribution >= 0.6 is 11.8 Å². The molecule has 1 atom stereocenters. The number of hydrogen-bond acceptors (Lipinski definition) is 7. The van der Waals surface area contributed by atoms with Crippen LogP contribution in [0.4, 0.5) is 11.4 Å². The van der Waals surface area contributed by atoms with E-state index < -0.39 is 36.0 Å². The predicted molar refractivity (Wildman–Crippen MR) is 134 cm³/mol. The van der Waals surface area contributed by atoms with E-state index in [2.05, 4.69) is 10.6 Å². The molecular weight excluding hydrogens is 470 g/mol. The van der Waals surface area contributed by atoms with Crippen LogP contribution in [-0.4, -0.2) is 60.5 Å². The largest absolute Gasteiger partial charge is 0.484 e. The Labute approximate surface area is 208 Å². The van der Waals surface area contributed by atoms with Gasteiger partial charge in [0.1, 0.15) is 17.3 Å². The number of carbonyl (C=O) groups is 4. The molecule has 0 fully saturated rings. The number of carbonyl (C=O) groups excluding carboxylic acids is 4. The number of fused-ring (bicyclic) bond motifs is 1. The first-order valence-electron chi connectivity index (χ1n) is 11.1. The lowest BCUT2D eigenvalue weighted by atomic mass is 9.96. The van der Waals surface area contributed by atoms with Crippen LogP contribution in [0.1, 0.15) is 20.3 Å². The van der Waals surface area contributed by atoms with Crippen molar-refractivity contribution in [1.29, 1.82) is 0 Å². The smallest absolute Gasteiger partial charge is 0.329 e. The molecule has 0 unspecified atom stereocenters. The van der Waals surface area contributed by atoms with Gasteiger partial charge in [0.05, 0.1) is 11.4 Å². The maximum Gasteiger partial charge on any atom is 0.329 e. The Hall–Kier alpha value is -3.53. The molecule has 0 spiro atoms. The van der Waals surface area contributed by atoms with Gasteiger partial charge < -0.3 is 20.1 Å². The number of thioether (sulfide) groups is 1. The van der Waals surface area contributed by atoms with Crippen LogP contribution in [0.15, 0.2) is 54.6 Å². The molecule has 1 heterocycles. The number of para-hydroxylation sites is 3. The van der Waals surface area contributed by atoms with Gasteiger partial charge in [-0.15, -0.1) is 0 Å². The van der Waals surface area contributed by atoms with Gasteiger partial charge in [0.25, 0.3) is 11.8 Å². The number of amides is 3. The Balaban J connectivity index is 1.62. The third kappa shape index (κ3) is 6.54. The van der Waals surface area contributed by atoms with Crippen LogP contribution in [0.25, 0.3) is 0 Å². The molecule has 2 aromatic rings. The molecule has 186 valence electrons. The number of benzene rings is 2. The van der Waals surface area contributed by atoms with Crippen LogP contribution in [-0.2, 0) is 23.9 Å². The van der Waals surface area contributed by atoms with E-state index in [1.165, 1.54) is 16.7 Å². The van der Waals surface area contributed by atoms with Gasteiger partial charge in [0.2, 0.25) is 5.91 Å². The van der Waals surface area contributed by atoms with Crippen molar-refractivity contribution in [3.8, 4) is 5.75 Å². The van der Waals surface area contributed by atoms with Crippen molar-refractivity contribution in [3.05, 3.63) is 54.6 Å². The molecule has 0 aliphatic carbocycles. The Morgan fingerprint density at radius 3 is 2.46 bits per heavy atom. The Bertz CT molecular complexity index is 1080. The molecular formula is C25H29N3O6S. The highest BCUT2D eigenvalue weighted by Gasteiger charge is 2.43. The Morgan fingerprint density at radius 2 is 1.74 bits per heavy atom. The number of hydrogen-bond donors (Lipinski definition) is 2. The monoisotopic (exact) mass is 499 g/mol. The van der Waals surface area contributed by atoms with E-state index in [0.717, 1.165) is 0 Å². The topological polar surface area (TPSA) is 114 Å². The zero-order valence-corrected chi connectivity index (χ0v) is 20.7. The summed E-state index contributed by atoms with van der Waals surface area (Å²) in [4.78, 5) is 52.2. The van der Waals surface area contributed by atoms with Crippen molar-refractivity contribution >= 4 is 46.8 Å². The number of anilines is 2. The van der Waals surface area contributed by atoms with Crippen LogP contribution in [0.3, 0.4) is 0 Å². The van der Waals surface area contributed by atoms with Crippen molar-refractivity contribution in [2.24, 2.45) is 0 Å². The van der Waals surface area contributed by atoms with Gasteiger partial charge in [-0.3, -0.25) is 19.3 Å². The molecule has 2 aromatic carbocycles. The second kappa shape index (κ2) is 11.7. The van der Waals surface area contributed by atoms with E-state index >= 15 is 0 Å². The molecule has 0 aromatic heterocycles. The summed E-state index contributed by atoms with van der Waals surface area (Å²) in [7, 11) is 0. The average Bonchev–Trinajstić information content (AvgIpc) is 2.85. The van der Waals surface area contributed by atoms with Crippen molar-refractivity contribution in [1.82, 2.24) is 5.32 Å². The molecule has 1 aliphatic rings. The average molecular weight is 500 g/mol. The molecule has 10 heteroatoms. The van der Waals surface area contributed by atoms with Crippen LogP contribution in [0.2, 0.25) is 0 Å². The molecule has 0 bridgehead atoms. The highest BCUT2D eigenvalue weighted by molar-refractivity contribution is 7.98. The molecule has 0 radical (unpaired) electrons. The molecule has 0 saturated carbocycles. The van der Waals surface area contributed by atoms with Gasteiger partial charge in [-0.2, -0.15) is 11.8 Å². The lowest BCUT2D eigenvalue weighted by Gasteiger charge is -2.41. The van der Waals surface area contributed by atoms with Gasteiger partial charge in [-0.25, -0.2) is 4.79 Å². The minimum atomic E-state index is -1.18. The Morgan fingerprint density at radius 1 is 1.06 bits per heavy atom. The number of ether oxygens (including phenoxy) is 2. The van der Waals surface area contributed by atoms with Crippen molar-refractivity contribution in [3.63, 3.8) is 0 Å². The van der Waals surface area contributed by atoms with E-state index in [-0.39, 0.29) is 12.5 Å². The quantitative estimate of drug-likeness (QED) is 0.483. The minimum absolute atomic E-state index is 0.264. The van der Waals surface area contributed by atoms with Crippen molar-refractivity contribution in [2.75, 3.05) is 35.4 Å². The fraction of sp³-hybridized carbons (Fsp3) is 0.360. The third-order valence-corrected chi connectivity index (χ3v) is 6.08. The second-order valence-electron chi connectivity index (χ2n) is 8.37. The summed E-state index contributed by atoms with van der Waals surface area (Å²) in [5.41, 5.74) is -0.164. The SMILES string of the molecule is CSCC[C@H](NC(=O)COc1ccccc1)C(=O)OCC(=O)N1c2ccccc2NC(=O)C1(C)C. The summed E-state index contributed by atoms with van der Waals surface area (Å²) in [6, 6.07) is 14.8. The fourth-order valence-corrected chi connectivity index (χ4v) is 4.05. The van der Waals surface area contributed by atoms with Crippen LogP contribution in [0, 0.1) is 0 Å². The van der Waals surface area contributed by atoms with Gasteiger partial charge in [0.15, 0.2) is 13.2 Å². The lowest BCUT2D eigenvalue weighted by molar-refractivity contribution is -0.151. The second-order valence-corrected chi connectivity index (χ2v) is 9.36. The first-order valence-corrected chi connectivity index (χ1v) is 12.5. The first-order chi connectivity index (χ1) is 16.7. The molecule has 2 N–H and O–H groups in total. The summed E-state index contributed by atoms with van der Waals surface area (Å²) in [5.74, 6) is -0.975. The minimum Gasteiger partial charge on any atom is -0.484 e. The number of nitrogens with one attached hydrogen (secondary N) is 2. The first kappa shape index (κ1) is 26.1.